The highest BCUT2D eigenvalue weighted by atomic mass is 16.6. The highest BCUT2D eigenvalue weighted by molar-refractivity contribution is 5.94. The number of nitrogens with one attached hydrogen (secondary N) is 1. The average Bonchev–Trinajstić information content (AvgIpc) is 3.18. The Hall–Kier alpha value is -3.94. The van der Waals surface area contributed by atoms with Crippen LogP contribution in [0, 0.1) is 21.4 Å². The number of piperidine rings is 1. The van der Waals surface area contributed by atoms with Crippen molar-refractivity contribution >= 4 is 28.4 Å². The Labute approximate surface area is 165 Å². The number of nitriles is 1. The van der Waals surface area contributed by atoms with Crippen LogP contribution in [0.3, 0.4) is 0 Å². The molecule has 11 nitrogen and oxygen atoms in total. The van der Waals surface area contributed by atoms with Crippen LogP contribution in [0.1, 0.15) is 18.4 Å². The van der Waals surface area contributed by atoms with E-state index in [0.29, 0.717) is 23.7 Å². The van der Waals surface area contributed by atoms with E-state index >= 15 is 0 Å². The lowest BCUT2D eigenvalue weighted by molar-refractivity contribution is -0.383. The third-order valence-electron chi connectivity index (χ3n) is 4.78. The van der Waals surface area contributed by atoms with Gasteiger partial charge < -0.3 is 19.5 Å². The molecule has 148 valence electrons. The normalized spacial score (nSPS) is 16.4. The summed E-state index contributed by atoms with van der Waals surface area (Å²) in [6, 6.07) is 6.78. The first-order valence-electron chi connectivity index (χ1n) is 8.96. The van der Waals surface area contributed by atoms with Crippen molar-refractivity contribution in [3.05, 3.63) is 40.1 Å². The third-order valence-corrected chi connectivity index (χ3v) is 4.78. The van der Waals surface area contributed by atoms with E-state index in [-0.39, 0.29) is 28.8 Å². The number of hydrogen-bond donors (Lipinski definition) is 1. The number of rotatable bonds is 5. The van der Waals surface area contributed by atoms with Gasteiger partial charge in [0.2, 0.25) is 17.4 Å². The number of aromatic nitrogens is 3. The molecule has 0 saturated carbocycles. The SMILES string of the molecule is COc1nc(N[C@@H]2CCCN(c3noc4c([N+](=O)[O-])cccc34)C2)ncc1C#N. The summed E-state index contributed by atoms with van der Waals surface area (Å²) in [4.78, 5) is 21.1. The maximum atomic E-state index is 11.2. The molecule has 3 aromatic rings. The molecule has 11 heteroatoms. The van der Waals surface area contributed by atoms with Crippen LogP contribution in [-0.4, -0.2) is 46.3 Å². The second kappa shape index (κ2) is 7.59. The number of benzene rings is 1. The van der Waals surface area contributed by atoms with Gasteiger partial charge >= 0.3 is 5.69 Å². The largest absolute Gasteiger partial charge is 0.480 e. The summed E-state index contributed by atoms with van der Waals surface area (Å²) in [5.74, 6) is 1.16. The Kier molecular flexibility index (Phi) is 4.82. The van der Waals surface area contributed by atoms with Crippen molar-refractivity contribution in [3.8, 4) is 11.9 Å². The topological polar surface area (TPSA) is 143 Å². The maximum absolute atomic E-state index is 11.2. The van der Waals surface area contributed by atoms with Crippen molar-refractivity contribution in [3.63, 3.8) is 0 Å². The summed E-state index contributed by atoms with van der Waals surface area (Å²) in [6.45, 7) is 1.34. The van der Waals surface area contributed by atoms with Crippen molar-refractivity contribution in [2.45, 2.75) is 18.9 Å². The van der Waals surface area contributed by atoms with Crippen molar-refractivity contribution < 1.29 is 14.2 Å². The van der Waals surface area contributed by atoms with Gasteiger partial charge in [-0.1, -0.05) is 11.2 Å². The van der Waals surface area contributed by atoms with Gasteiger partial charge in [-0.25, -0.2) is 4.98 Å². The fourth-order valence-electron chi connectivity index (χ4n) is 3.44. The molecule has 1 fully saturated rings. The van der Waals surface area contributed by atoms with E-state index < -0.39 is 4.92 Å². The summed E-state index contributed by atoms with van der Waals surface area (Å²) in [5.41, 5.74) is 0.327. The number of fused-ring (bicyclic) bond motifs is 1. The molecular weight excluding hydrogens is 378 g/mol. The van der Waals surface area contributed by atoms with Crippen molar-refractivity contribution in [1.82, 2.24) is 15.1 Å². The van der Waals surface area contributed by atoms with Crippen molar-refractivity contribution in [2.75, 3.05) is 30.4 Å². The minimum atomic E-state index is -0.479. The van der Waals surface area contributed by atoms with Crippen LogP contribution in [0.4, 0.5) is 17.5 Å². The Balaban J connectivity index is 1.55. The molecular formula is C18H17N7O4. The van der Waals surface area contributed by atoms with E-state index in [2.05, 4.69) is 20.4 Å². The molecule has 0 unspecified atom stereocenters. The lowest BCUT2D eigenvalue weighted by atomic mass is 10.1. The Morgan fingerprint density at radius 3 is 3.10 bits per heavy atom. The van der Waals surface area contributed by atoms with Crippen molar-refractivity contribution in [1.29, 1.82) is 5.26 Å². The second-order valence-electron chi connectivity index (χ2n) is 6.57. The molecule has 0 amide bonds. The molecule has 2 aromatic heterocycles. The average molecular weight is 395 g/mol. The highest BCUT2D eigenvalue weighted by Crippen LogP contribution is 2.33. The Morgan fingerprint density at radius 2 is 2.34 bits per heavy atom. The van der Waals surface area contributed by atoms with Gasteiger partial charge in [0.15, 0.2) is 5.82 Å². The summed E-state index contributed by atoms with van der Waals surface area (Å²) in [5, 5.41) is 28.2. The standard InChI is InChI=1S/C18H17N7O4/c1-28-17-11(8-19)9-20-18(22-17)21-12-4-3-7-24(10-12)16-13-5-2-6-14(25(26)27)15(13)29-23-16/h2,5-6,9,12H,3-4,7,10H2,1H3,(H,20,21,22)/t12-/m1/s1. The molecule has 1 aliphatic rings. The zero-order chi connectivity index (χ0) is 20.4. The molecule has 3 heterocycles. The van der Waals surface area contributed by atoms with Gasteiger partial charge in [0.1, 0.15) is 11.6 Å². The Bertz CT molecular complexity index is 1110. The predicted octanol–water partition coefficient (Wildman–Crippen LogP) is 2.49. The number of ether oxygens (including phenoxy) is 1. The summed E-state index contributed by atoms with van der Waals surface area (Å²) < 4.78 is 10.4. The van der Waals surface area contributed by atoms with Gasteiger partial charge in [0, 0.05) is 25.2 Å². The van der Waals surface area contributed by atoms with Gasteiger partial charge in [-0.15, -0.1) is 0 Å². The smallest absolute Gasteiger partial charge is 0.315 e. The number of nitro benzene ring substituents is 1. The summed E-state index contributed by atoms with van der Waals surface area (Å²) in [7, 11) is 1.45. The van der Waals surface area contributed by atoms with Crippen LogP contribution < -0.4 is 15.0 Å². The van der Waals surface area contributed by atoms with Gasteiger partial charge in [-0.3, -0.25) is 10.1 Å². The molecule has 29 heavy (non-hydrogen) atoms. The van der Waals surface area contributed by atoms with E-state index in [1.54, 1.807) is 12.1 Å². The van der Waals surface area contributed by atoms with Gasteiger partial charge in [0.25, 0.3) is 0 Å². The molecule has 0 radical (unpaired) electrons. The highest BCUT2D eigenvalue weighted by Gasteiger charge is 2.27. The second-order valence-corrected chi connectivity index (χ2v) is 6.57. The molecule has 1 N–H and O–H groups in total. The molecule has 1 atom stereocenters. The van der Waals surface area contributed by atoms with Crippen LogP contribution in [0.5, 0.6) is 5.88 Å². The van der Waals surface area contributed by atoms with Crippen LogP contribution >= 0.6 is 0 Å². The number of nitrogens with zero attached hydrogens (tertiary/aromatic N) is 6. The van der Waals surface area contributed by atoms with Gasteiger partial charge in [-0.2, -0.15) is 10.2 Å². The number of para-hydroxylation sites is 1. The number of nitro groups is 1. The maximum Gasteiger partial charge on any atom is 0.315 e. The first kappa shape index (κ1) is 18.4. The van der Waals surface area contributed by atoms with Gasteiger partial charge in [0.05, 0.1) is 23.6 Å². The molecule has 1 aliphatic heterocycles. The summed E-state index contributed by atoms with van der Waals surface area (Å²) >= 11 is 0. The van der Waals surface area contributed by atoms with Crippen molar-refractivity contribution in [2.24, 2.45) is 0 Å². The minimum Gasteiger partial charge on any atom is -0.480 e. The zero-order valence-corrected chi connectivity index (χ0v) is 15.5. The van der Waals surface area contributed by atoms with Crippen LogP contribution in [0.2, 0.25) is 0 Å². The molecule has 1 aromatic carbocycles. The first-order valence-corrected chi connectivity index (χ1v) is 8.96. The molecule has 0 aliphatic carbocycles. The number of anilines is 2. The van der Waals surface area contributed by atoms with Crippen LogP contribution in [-0.2, 0) is 0 Å². The number of methoxy groups -OCH3 is 1. The van der Waals surface area contributed by atoms with Gasteiger partial charge in [-0.05, 0) is 18.9 Å². The van der Waals surface area contributed by atoms with E-state index in [1.165, 1.54) is 19.4 Å². The predicted molar refractivity (Wildman–Crippen MR) is 103 cm³/mol. The van der Waals surface area contributed by atoms with E-state index in [0.717, 1.165) is 19.4 Å². The first-order chi connectivity index (χ1) is 14.1. The van der Waals surface area contributed by atoms with E-state index in [1.807, 2.05) is 11.0 Å². The molecule has 0 spiro atoms. The fraction of sp³-hybridized carbons (Fsp3) is 0.333. The van der Waals surface area contributed by atoms with E-state index in [9.17, 15) is 10.1 Å². The fourth-order valence-corrected chi connectivity index (χ4v) is 3.44. The summed E-state index contributed by atoms with van der Waals surface area (Å²) in [6.07, 6.45) is 3.19. The minimum absolute atomic E-state index is 0.0202. The Morgan fingerprint density at radius 1 is 1.48 bits per heavy atom. The monoisotopic (exact) mass is 395 g/mol. The van der Waals surface area contributed by atoms with Crippen LogP contribution in [0.25, 0.3) is 11.0 Å². The molecule has 1 saturated heterocycles. The zero-order valence-electron chi connectivity index (χ0n) is 15.5. The van der Waals surface area contributed by atoms with Crippen LogP contribution in [0.15, 0.2) is 28.9 Å². The number of non-ortho nitro benzene ring substituents is 1. The number of hydrogen-bond acceptors (Lipinski definition) is 10. The lowest BCUT2D eigenvalue weighted by Gasteiger charge is -2.33. The lowest BCUT2D eigenvalue weighted by Crippen LogP contribution is -2.42. The molecule has 0 bridgehead atoms. The molecule has 4 rings (SSSR count). The third kappa shape index (κ3) is 3.47. The quantitative estimate of drug-likeness (QED) is 0.505. The van der Waals surface area contributed by atoms with E-state index in [4.69, 9.17) is 14.5 Å².